The summed E-state index contributed by atoms with van der Waals surface area (Å²) in [5.74, 6) is 0. The first-order valence-corrected chi connectivity index (χ1v) is 5.38. The van der Waals surface area contributed by atoms with Crippen molar-refractivity contribution in [2.75, 3.05) is 36.8 Å². The van der Waals surface area contributed by atoms with Gasteiger partial charge >= 0.3 is 0 Å². The second-order valence-corrected chi connectivity index (χ2v) is 4.25. The fourth-order valence-corrected chi connectivity index (χ4v) is 2.45. The zero-order chi connectivity index (χ0) is 9.97. The smallest absolute Gasteiger partial charge is 0.129 e. The van der Waals surface area contributed by atoms with E-state index in [2.05, 4.69) is 16.3 Å². The van der Waals surface area contributed by atoms with E-state index in [1.807, 2.05) is 6.07 Å². The van der Waals surface area contributed by atoms with Gasteiger partial charge in [0.2, 0.25) is 0 Å². The van der Waals surface area contributed by atoms with Crippen LogP contribution in [0.4, 0.5) is 10.7 Å². The summed E-state index contributed by atoms with van der Waals surface area (Å²) in [7, 11) is 0. The Morgan fingerprint density at radius 1 is 1.50 bits per heavy atom. The zero-order valence-electron chi connectivity index (χ0n) is 7.79. The highest BCUT2D eigenvalue weighted by Crippen LogP contribution is 2.31. The SMILES string of the molecule is N#Cc1sc(N2CCNCC2)cc1N. The van der Waals surface area contributed by atoms with Crippen molar-refractivity contribution in [2.45, 2.75) is 0 Å². The molecule has 0 aromatic carbocycles. The molecule has 1 aliphatic heterocycles. The lowest BCUT2D eigenvalue weighted by Crippen LogP contribution is -2.43. The summed E-state index contributed by atoms with van der Waals surface area (Å²) >= 11 is 1.48. The van der Waals surface area contributed by atoms with Crippen molar-refractivity contribution >= 4 is 22.0 Å². The van der Waals surface area contributed by atoms with Crippen molar-refractivity contribution in [2.24, 2.45) is 0 Å². The average Bonchev–Trinajstić information content (AvgIpc) is 2.61. The molecule has 0 amide bonds. The highest BCUT2D eigenvalue weighted by atomic mass is 32.1. The Hall–Kier alpha value is -1.25. The Morgan fingerprint density at radius 3 is 2.79 bits per heavy atom. The number of hydrogen-bond acceptors (Lipinski definition) is 5. The van der Waals surface area contributed by atoms with E-state index in [0.29, 0.717) is 10.6 Å². The number of rotatable bonds is 1. The van der Waals surface area contributed by atoms with Gasteiger partial charge in [-0.25, -0.2) is 0 Å². The van der Waals surface area contributed by atoms with Crippen LogP contribution in [-0.4, -0.2) is 26.2 Å². The summed E-state index contributed by atoms with van der Waals surface area (Å²) in [6.07, 6.45) is 0. The number of thiophene rings is 1. The van der Waals surface area contributed by atoms with E-state index in [1.54, 1.807) is 0 Å². The third-order valence-electron chi connectivity index (χ3n) is 2.28. The highest BCUT2D eigenvalue weighted by Gasteiger charge is 2.14. The maximum absolute atomic E-state index is 8.78. The van der Waals surface area contributed by atoms with Crippen LogP contribution in [0.15, 0.2) is 6.07 Å². The summed E-state index contributed by atoms with van der Waals surface area (Å²) in [5.41, 5.74) is 6.31. The molecule has 1 saturated heterocycles. The molecule has 1 aromatic heterocycles. The number of nitrogens with zero attached hydrogens (tertiary/aromatic N) is 2. The largest absolute Gasteiger partial charge is 0.397 e. The minimum Gasteiger partial charge on any atom is -0.397 e. The molecule has 4 nitrogen and oxygen atoms in total. The molecule has 5 heteroatoms. The number of anilines is 2. The Bertz CT molecular complexity index is 359. The fourth-order valence-electron chi connectivity index (χ4n) is 1.52. The van der Waals surface area contributed by atoms with Crippen molar-refractivity contribution in [3.63, 3.8) is 0 Å². The minimum absolute atomic E-state index is 0.603. The van der Waals surface area contributed by atoms with Gasteiger partial charge in [0.25, 0.3) is 0 Å². The van der Waals surface area contributed by atoms with E-state index in [1.165, 1.54) is 11.3 Å². The highest BCUT2D eigenvalue weighted by molar-refractivity contribution is 7.17. The van der Waals surface area contributed by atoms with Gasteiger partial charge in [-0.3, -0.25) is 0 Å². The third kappa shape index (κ3) is 1.67. The van der Waals surface area contributed by atoms with Gasteiger partial charge in [-0.05, 0) is 6.07 Å². The Balaban J connectivity index is 2.19. The number of nitrogens with one attached hydrogen (secondary N) is 1. The summed E-state index contributed by atoms with van der Waals surface area (Å²) in [6, 6.07) is 4.00. The zero-order valence-corrected chi connectivity index (χ0v) is 8.60. The van der Waals surface area contributed by atoms with Crippen LogP contribution < -0.4 is 16.0 Å². The molecule has 0 bridgehead atoms. The number of piperazine rings is 1. The van der Waals surface area contributed by atoms with E-state index in [9.17, 15) is 0 Å². The number of nitrogens with two attached hydrogens (primary N) is 1. The minimum atomic E-state index is 0.603. The van der Waals surface area contributed by atoms with E-state index in [-0.39, 0.29) is 0 Å². The Kier molecular flexibility index (Phi) is 2.57. The van der Waals surface area contributed by atoms with Gasteiger partial charge in [-0.1, -0.05) is 0 Å². The maximum atomic E-state index is 8.78. The summed E-state index contributed by atoms with van der Waals surface area (Å²) < 4.78 is 0. The van der Waals surface area contributed by atoms with Crippen LogP contribution in [0.2, 0.25) is 0 Å². The molecule has 3 N–H and O–H groups in total. The molecule has 0 spiro atoms. The topological polar surface area (TPSA) is 65.1 Å². The molecule has 0 atom stereocenters. The van der Waals surface area contributed by atoms with Crippen molar-refractivity contribution < 1.29 is 0 Å². The van der Waals surface area contributed by atoms with Crippen LogP contribution in [-0.2, 0) is 0 Å². The van der Waals surface area contributed by atoms with Crippen molar-refractivity contribution in [3.05, 3.63) is 10.9 Å². The van der Waals surface area contributed by atoms with Gasteiger partial charge in [0.05, 0.1) is 10.7 Å². The molecular weight excluding hydrogens is 196 g/mol. The Morgan fingerprint density at radius 2 is 2.21 bits per heavy atom. The lowest BCUT2D eigenvalue weighted by molar-refractivity contribution is 0.592. The van der Waals surface area contributed by atoms with Gasteiger partial charge < -0.3 is 16.0 Å². The predicted molar refractivity (Wildman–Crippen MR) is 58.5 cm³/mol. The molecule has 0 aliphatic carbocycles. The van der Waals surface area contributed by atoms with E-state index in [0.717, 1.165) is 31.2 Å². The molecule has 0 radical (unpaired) electrons. The summed E-state index contributed by atoms with van der Waals surface area (Å²) in [5, 5.41) is 13.2. The molecule has 2 rings (SSSR count). The predicted octanol–water partition coefficient (Wildman–Crippen LogP) is 0.612. The van der Waals surface area contributed by atoms with Gasteiger partial charge in [0, 0.05) is 26.2 Å². The number of nitrogen functional groups attached to an aromatic ring is 1. The monoisotopic (exact) mass is 208 g/mol. The van der Waals surface area contributed by atoms with Crippen molar-refractivity contribution in [3.8, 4) is 6.07 Å². The van der Waals surface area contributed by atoms with Crippen molar-refractivity contribution in [1.82, 2.24) is 5.32 Å². The first-order valence-electron chi connectivity index (χ1n) is 4.56. The normalized spacial score (nSPS) is 16.6. The van der Waals surface area contributed by atoms with Crippen LogP contribution in [0.5, 0.6) is 0 Å². The van der Waals surface area contributed by atoms with Crippen molar-refractivity contribution in [1.29, 1.82) is 5.26 Å². The van der Waals surface area contributed by atoms with E-state index in [4.69, 9.17) is 11.0 Å². The summed E-state index contributed by atoms with van der Waals surface area (Å²) in [4.78, 5) is 2.89. The molecule has 0 unspecified atom stereocenters. The van der Waals surface area contributed by atoms with Crippen LogP contribution in [0, 0.1) is 11.3 Å². The first-order chi connectivity index (χ1) is 6.81. The third-order valence-corrected chi connectivity index (χ3v) is 3.39. The van der Waals surface area contributed by atoms with Gasteiger partial charge in [0.1, 0.15) is 10.9 Å². The quantitative estimate of drug-likeness (QED) is 0.709. The summed E-state index contributed by atoms with van der Waals surface area (Å²) in [6.45, 7) is 3.98. The molecule has 0 saturated carbocycles. The van der Waals surface area contributed by atoms with Crippen LogP contribution in [0.3, 0.4) is 0 Å². The molecule has 74 valence electrons. The second kappa shape index (κ2) is 3.86. The standard InChI is InChI=1S/C9H12N4S/c10-6-8-7(11)5-9(14-8)13-3-1-12-2-4-13/h5,12H,1-4,11H2. The second-order valence-electron chi connectivity index (χ2n) is 3.22. The van der Waals surface area contributed by atoms with E-state index >= 15 is 0 Å². The molecule has 14 heavy (non-hydrogen) atoms. The molecule has 2 heterocycles. The van der Waals surface area contributed by atoms with Crippen LogP contribution >= 0.6 is 11.3 Å². The van der Waals surface area contributed by atoms with Crippen LogP contribution in [0.25, 0.3) is 0 Å². The first kappa shape index (κ1) is 9.31. The van der Waals surface area contributed by atoms with Gasteiger partial charge in [0.15, 0.2) is 0 Å². The Labute approximate surface area is 86.9 Å². The molecule has 1 aromatic rings. The van der Waals surface area contributed by atoms with Gasteiger partial charge in [-0.2, -0.15) is 5.26 Å². The fraction of sp³-hybridized carbons (Fsp3) is 0.444. The molecule has 1 aliphatic rings. The maximum Gasteiger partial charge on any atom is 0.129 e. The molecular formula is C9H12N4S. The lowest BCUT2D eigenvalue weighted by atomic mass is 10.3. The number of nitriles is 1. The van der Waals surface area contributed by atoms with Crippen LogP contribution in [0.1, 0.15) is 4.88 Å². The lowest BCUT2D eigenvalue weighted by Gasteiger charge is -2.27. The van der Waals surface area contributed by atoms with Gasteiger partial charge in [-0.15, -0.1) is 11.3 Å². The number of hydrogen-bond donors (Lipinski definition) is 2. The average molecular weight is 208 g/mol. The molecule has 1 fully saturated rings. The van der Waals surface area contributed by atoms with E-state index < -0.39 is 0 Å².